The van der Waals surface area contributed by atoms with Gasteiger partial charge in [-0.05, 0) is 34.9 Å². The Morgan fingerprint density at radius 2 is 1.95 bits per heavy atom. The molecular formula is C16H14ClNO2. The molecule has 3 rings (SSSR count). The van der Waals surface area contributed by atoms with Gasteiger partial charge in [-0.25, -0.2) is 0 Å². The number of anilines is 1. The maximum atomic E-state index is 11.3. The molecule has 1 aliphatic heterocycles. The highest BCUT2D eigenvalue weighted by Crippen LogP contribution is 2.28. The van der Waals surface area contributed by atoms with E-state index in [0.29, 0.717) is 17.9 Å². The molecule has 2 aromatic carbocycles. The lowest BCUT2D eigenvalue weighted by Crippen LogP contribution is -2.03. The normalized spacial score (nSPS) is 14.8. The van der Waals surface area contributed by atoms with Gasteiger partial charge in [0.1, 0.15) is 0 Å². The van der Waals surface area contributed by atoms with E-state index in [9.17, 15) is 9.90 Å². The molecule has 1 amide bonds. The summed E-state index contributed by atoms with van der Waals surface area (Å²) < 4.78 is 0. The number of aliphatic hydroxyl groups excluding tert-OH is 1. The lowest BCUT2D eigenvalue weighted by molar-refractivity contribution is -0.115. The van der Waals surface area contributed by atoms with Crippen LogP contribution in [0.1, 0.15) is 22.8 Å². The fourth-order valence-electron chi connectivity index (χ4n) is 2.42. The first-order valence-electron chi connectivity index (χ1n) is 6.47. The van der Waals surface area contributed by atoms with Crippen LogP contribution in [0.2, 0.25) is 5.02 Å². The van der Waals surface area contributed by atoms with Gasteiger partial charge >= 0.3 is 0 Å². The first kappa shape index (κ1) is 13.2. The van der Waals surface area contributed by atoms with Crippen molar-refractivity contribution in [2.24, 2.45) is 0 Å². The second kappa shape index (κ2) is 5.27. The summed E-state index contributed by atoms with van der Waals surface area (Å²) in [7, 11) is 0. The predicted molar refractivity (Wildman–Crippen MR) is 78.9 cm³/mol. The van der Waals surface area contributed by atoms with Crippen LogP contribution in [0.3, 0.4) is 0 Å². The molecule has 1 aliphatic rings. The largest absolute Gasteiger partial charge is 0.388 e. The van der Waals surface area contributed by atoms with Crippen LogP contribution in [0.15, 0.2) is 42.5 Å². The predicted octanol–water partition coefficient (Wildman–Crippen LogP) is 3.11. The third-order valence-electron chi connectivity index (χ3n) is 3.48. The Morgan fingerprint density at radius 3 is 2.70 bits per heavy atom. The topological polar surface area (TPSA) is 49.3 Å². The number of hydrogen-bond donors (Lipinski definition) is 2. The van der Waals surface area contributed by atoms with E-state index in [2.05, 4.69) is 5.32 Å². The third-order valence-corrected chi connectivity index (χ3v) is 3.73. The van der Waals surface area contributed by atoms with Crippen LogP contribution in [0, 0.1) is 0 Å². The van der Waals surface area contributed by atoms with E-state index in [1.807, 2.05) is 42.5 Å². The summed E-state index contributed by atoms with van der Waals surface area (Å²) in [5.41, 5.74) is 3.65. The number of carbonyl (C=O) groups excluding carboxylic acids is 1. The average Bonchev–Trinajstić information content (AvgIpc) is 2.80. The van der Waals surface area contributed by atoms with Gasteiger partial charge in [-0.2, -0.15) is 0 Å². The van der Waals surface area contributed by atoms with Crippen molar-refractivity contribution >= 4 is 23.2 Å². The minimum atomic E-state index is -0.586. The SMILES string of the molecule is O=C1Cc2cc(C(O)Cc3ccc(Cl)cc3)ccc2N1. The summed E-state index contributed by atoms with van der Waals surface area (Å²) in [6, 6.07) is 13.0. The second-order valence-electron chi connectivity index (χ2n) is 4.99. The summed E-state index contributed by atoms with van der Waals surface area (Å²) in [5.74, 6) is 0.00402. The van der Waals surface area contributed by atoms with Crippen molar-refractivity contribution in [3.05, 3.63) is 64.2 Å². The second-order valence-corrected chi connectivity index (χ2v) is 5.42. The van der Waals surface area contributed by atoms with E-state index in [0.717, 1.165) is 22.4 Å². The van der Waals surface area contributed by atoms with Gasteiger partial charge in [-0.1, -0.05) is 35.9 Å². The van der Waals surface area contributed by atoms with E-state index in [4.69, 9.17) is 11.6 Å². The van der Waals surface area contributed by atoms with Gasteiger partial charge in [0, 0.05) is 17.1 Å². The fourth-order valence-corrected chi connectivity index (χ4v) is 2.54. The van der Waals surface area contributed by atoms with Gasteiger partial charge in [-0.15, -0.1) is 0 Å². The maximum absolute atomic E-state index is 11.3. The molecule has 1 atom stereocenters. The highest BCUT2D eigenvalue weighted by molar-refractivity contribution is 6.30. The summed E-state index contributed by atoms with van der Waals surface area (Å²) in [6.45, 7) is 0. The number of aliphatic hydroxyl groups is 1. The summed E-state index contributed by atoms with van der Waals surface area (Å²) >= 11 is 5.84. The van der Waals surface area contributed by atoms with Gasteiger partial charge in [0.15, 0.2) is 0 Å². The van der Waals surface area contributed by atoms with Gasteiger partial charge in [0.05, 0.1) is 12.5 Å². The Morgan fingerprint density at radius 1 is 1.20 bits per heavy atom. The molecule has 0 aliphatic carbocycles. The number of hydrogen-bond acceptors (Lipinski definition) is 2. The molecule has 3 nitrogen and oxygen atoms in total. The quantitative estimate of drug-likeness (QED) is 0.911. The molecule has 0 saturated carbocycles. The van der Waals surface area contributed by atoms with Crippen molar-refractivity contribution in [1.82, 2.24) is 0 Å². The molecule has 4 heteroatoms. The van der Waals surface area contributed by atoms with Crippen molar-refractivity contribution in [3.8, 4) is 0 Å². The highest BCUT2D eigenvalue weighted by Gasteiger charge is 2.19. The van der Waals surface area contributed by atoms with E-state index in [1.165, 1.54) is 0 Å². The molecule has 1 unspecified atom stereocenters. The minimum absolute atomic E-state index is 0.00402. The summed E-state index contributed by atoms with van der Waals surface area (Å²) in [5, 5.41) is 13.8. The number of benzene rings is 2. The van der Waals surface area contributed by atoms with Crippen molar-refractivity contribution in [3.63, 3.8) is 0 Å². The Labute approximate surface area is 122 Å². The Bertz CT molecular complexity index is 652. The van der Waals surface area contributed by atoms with Crippen molar-refractivity contribution < 1.29 is 9.90 Å². The first-order valence-corrected chi connectivity index (χ1v) is 6.85. The van der Waals surface area contributed by atoms with Crippen LogP contribution in [0.5, 0.6) is 0 Å². The zero-order chi connectivity index (χ0) is 14.1. The number of amides is 1. The van der Waals surface area contributed by atoms with E-state index in [-0.39, 0.29) is 5.91 Å². The zero-order valence-electron chi connectivity index (χ0n) is 10.8. The van der Waals surface area contributed by atoms with Crippen LogP contribution in [-0.2, 0) is 17.6 Å². The standard InChI is InChI=1S/C16H14ClNO2/c17-13-4-1-10(2-5-13)7-15(19)11-3-6-14-12(8-11)9-16(20)18-14/h1-6,8,15,19H,7,9H2,(H,18,20). The highest BCUT2D eigenvalue weighted by atomic mass is 35.5. The molecule has 20 heavy (non-hydrogen) atoms. The third kappa shape index (κ3) is 2.69. The minimum Gasteiger partial charge on any atom is -0.388 e. The van der Waals surface area contributed by atoms with Gasteiger partial charge in [0.2, 0.25) is 5.91 Å². The molecular weight excluding hydrogens is 274 g/mol. The molecule has 0 fully saturated rings. The van der Waals surface area contributed by atoms with Gasteiger partial charge < -0.3 is 10.4 Å². The molecule has 102 valence electrons. The molecule has 1 heterocycles. The Kier molecular flexibility index (Phi) is 3.47. The van der Waals surface area contributed by atoms with Gasteiger partial charge in [0.25, 0.3) is 0 Å². The lowest BCUT2D eigenvalue weighted by Gasteiger charge is -2.12. The van der Waals surface area contributed by atoms with Crippen LogP contribution < -0.4 is 5.32 Å². The maximum Gasteiger partial charge on any atom is 0.228 e. The number of rotatable bonds is 3. The monoisotopic (exact) mass is 287 g/mol. The van der Waals surface area contributed by atoms with Crippen molar-refractivity contribution in [2.45, 2.75) is 18.9 Å². The number of fused-ring (bicyclic) bond motifs is 1. The Balaban J connectivity index is 1.77. The average molecular weight is 288 g/mol. The van der Waals surface area contributed by atoms with E-state index < -0.39 is 6.10 Å². The van der Waals surface area contributed by atoms with Crippen molar-refractivity contribution in [1.29, 1.82) is 0 Å². The zero-order valence-corrected chi connectivity index (χ0v) is 11.5. The lowest BCUT2D eigenvalue weighted by atomic mass is 9.99. The Hall–Kier alpha value is -1.84. The molecule has 2 aromatic rings. The number of nitrogens with one attached hydrogen (secondary N) is 1. The smallest absolute Gasteiger partial charge is 0.228 e. The molecule has 0 aromatic heterocycles. The summed E-state index contributed by atoms with van der Waals surface area (Å²) in [6.07, 6.45) is 0.325. The first-order chi connectivity index (χ1) is 9.61. The molecule has 2 N–H and O–H groups in total. The molecule has 0 radical (unpaired) electrons. The van der Waals surface area contributed by atoms with Crippen LogP contribution in [0.25, 0.3) is 0 Å². The number of carbonyl (C=O) groups is 1. The van der Waals surface area contributed by atoms with E-state index in [1.54, 1.807) is 0 Å². The summed E-state index contributed by atoms with van der Waals surface area (Å²) in [4.78, 5) is 11.3. The van der Waals surface area contributed by atoms with Gasteiger partial charge in [-0.3, -0.25) is 4.79 Å². The van der Waals surface area contributed by atoms with Crippen molar-refractivity contribution in [2.75, 3.05) is 5.32 Å². The van der Waals surface area contributed by atoms with Crippen LogP contribution in [-0.4, -0.2) is 11.0 Å². The number of halogens is 1. The van der Waals surface area contributed by atoms with Crippen LogP contribution in [0.4, 0.5) is 5.69 Å². The molecule has 0 spiro atoms. The van der Waals surface area contributed by atoms with Crippen LogP contribution >= 0.6 is 11.6 Å². The fraction of sp³-hybridized carbons (Fsp3) is 0.188. The molecule has 0 saturated heterocycles. The van der Waals surface area contributed by atoms with E-state index >= 15 is 0 Å². The molecule has 0 bridgehead atoms.